The zero-order valence-electron chi connectivity index (χ0n) is 19.2. The Morgan fingerprint density at radius 3 is 2.32 bits per heavy atom. The average molecular weight is 475 g/mol. The summed E-state index contributed by atoms with van der Waals surface area (Å²) in [5.41, 5.74) is 3.55. The number of nitrogens with zero attached hydrogens (tertiary/aromatic N) is 3. The van der Waals surface area contributed by atoms with Gasteiger partial charge in [0.1, 0.15) is 5.69 Å². The summed E-state index contributed by atoms with van der Waals surface area (Å²) in [6.07, 6.45) is 0. The van der Waals surface area contributed by atoms with Crippen molar-refractivity contribution in [3.63, 3.8) is 0 Å². The van der Waals surface area contributed by atoms with Gasteiger partial charge in [-0.2, -0.15) is 0 Å². The van der Waals surface area contributed by atoms with Crippen LogP contribution >= 0.6 is 11.3 Å². The number of para-hydroxylation sites is 1. The van der Waals surface area contributed by atoms with Crippen LogP contribution in [0.2, 0.25) is 0 Å². The van der Waals surface area contributed by atoms with Crippen molar-refractivity contribution in [2.45, 2.75) is 6.92 Å². The summed E-state index contributed by atoms with van der Waals surface area (Å²) in [4.78, 5) is 29.4. The van der Waals surface area contributed by atoms with Gasteiger partial charge in [0, 0.05) is 25.7 Å². The third-order valence-electron chi connectivity index (χ3n) is 6.11. The fraction of sp³-hybridized carbons (Fsp3) is 0.231. The van der Waals surface area contributed by atoms with Crippen LogP contribution in [-0.2, 0) is 11.8 Å². The van der Waals surface area contributed by atoms with Crippen LogP contribution < -0.4 is 15.8 Å². The van der Waals surface area contributed by atoms with E-state index in [1.807, 2.05) is 80.7 Å². The van der Waals surface area contributed by atoms with E-state index in [0.717, 1.165) is 34.9 Å². The number of nitrogens with one attached hydrogen (secondary N) is 1. The highest BCUT2D eigenvalue weighted by molar-refractivity contribution is 7.18. The summed E-state index contributed by atoms with van der Waals surface area (Å²) in [5, 5.41) is 3.94. The molecule has 3 heterocycles. The van der Waals surface area contributed by atoms with Crippen LogP contribution in [0.4, 0.5) is 10.7 Å². The largest absolute Gasteiger partial charge is 0.378 e. The fourth-order valence-corrected chi connectivity index (χ4v) is 5.33. The van der Waals surface area contributed by atoms with Gasteiger partial charge in [0.25, 0.3) is 11.5 Å². The number of amides is 1. The van der Waals surface area contributed by atoms with E-state index < -0.39 is 0 Å². The second-order valence-corrected chi connectivity index (χ2v) is 9.22. The maximum atomic E-state index is 13.4. The average Bonchev–Trinajstić information content (AvgIpc) is 3.42. The van der Waals surface area contributed by atoms with Crippen molar-refractivity contribution in [2.24, 2.45) is 7.05 Å². The molecular weight excluding hydrogens is 448 g/mol. The lowest BCUT2D eigenvalue weighted by Gasteiger charge is -2.28. The molecule has 0 saturated carbocycles. The molecule has 0 atom stereocenters. The van der Waals surface area contributed by atoms with E-state index >= 15 is 0 Å². The monoisotopic (exact) mass is 474 g/mol. The molecule has 0 bridgehead atoms. The molecule has 1 saturated heterocycles. The van der Waals surface area contributed by atoms with Gasteiger partial charge in [0.05, 0.1) is 34.5 Å². The molecule has 34 heavy (non-hydrogen) atoms. The third-order valence-corrected chi connectivity index (χ3v) is 7.31. The van der Waals surface area contributed by atoms with E-state index in [4.69, 9.17) is 4.74 Å². The summed E-state index contributed by atoms with van der Waals surface area (Å²) < 4.78 is 8.84. The highest BCUT2D eigenvalue weighted by atomic mass is 32.1. The number of benzene rings is 2. The molecule has 0 spiro atoms. The number of aromatic nitrogens is 2. The minimum atomic E-state index is -0.285. The SMILES string of the molecule is Cc1c(NC(=O)c2cc(-c3ccccc3)c(N3CCOCC3)s2)c(=O)n(-c2ccccc2)n1C. The summed E-state index contributed by atoms with van der Waals surface area (Å²) in [5.74, 6) is -0.285. The highest BCUT2D eigenvalue weighted by Gasteiger charge is 2.24. The van der Waals surface area contributed by atoms with E-state index in [1.54, 1.807) is 9.36 Å². The Bertz CT molecular complexity index is 1370. The molecule has 1 aliphatic heterocycles. The van der Waals surface area contributed by atoms with Gasteiger partial charge in [-0.05, 0) is 30.7 Å². The van der Waals surface area contributed by atoms with Gasteiger partial charge in [-0.25, -0.2) is 4.68 Å². The lowest BCUT2D eigenvalue weighted by Crippen LogP contribution is -2.35. The number of hydrogen-bond acceptors (Lipinski definition) is 5. The smallest absolute Gasteiger partial charge is 0.295 e. The number of rotatable bonds is 5. The number of carbonyl (C=O) groups is 1. The van der Waals surface area contributed by atoms with Crippen LogP contribution in [0.1, 0.15) is 15.4 Å². The topological polar surface area (TPSA) is 68.5 Å². The second-order valence-electron chi connectivity index (χ2n) is 8.19. The molecule has 2 aromatic carbocycles. The van der Waals surface area contributed by atoms with Gasteiger partial charge in [0.2, 0.25) is 0 Å². The number of anilines is 2. The lowest BCUT2D eigenvalue weighted by atomic mass is 10.1. The van der Waals surface area contributed by atoms with Crippen LogP contribution in [0.3, 0.4) is 0 Å². The van der Waals surface area contributed by atoms with Gasteiger partial charge >= 0.3 is 0 Å². The predicted molar refractivity (Wildman–Crippen MR) is 136 cm³/mol. The summed E-state index contributed by atoms with van der Waals surface area (Å²) in [6, 6.07) is 21.4. The first-order valence-electron chi connectivity index (χ1n) is 11.2. The molecule has 1 fully saturated rings. The first kappa shape index (κ1) is 22.2. The molecule has 1 amide bonds. The Morgan fingerprint density at radius 2 is 1.65 bits per heavy atom. The zero-order valence-corrected chi connectivity index (χ0v) is 20.0. The minimum Gasteiger partial charge on any atom is -0.378 e. The number of carbonyl (C=O) groups excluding carboxylic acids is 1. The molecule has 0 aliphatic carbocycles. The molecule has 7 nitrogen and oxygen atoms in total. The Hall–Kier alpha value is -3.62. The van der Waals surface area contributed by atoms with Crippen molar-refractivity contribution in [3.8, 4) is 16.8 Å². The van der Waals surface area contributed by atoms with Crippen LogP contribution in [-0.4, -0.2) is 41.6 Å². The predicted octanol–water partition coefficient (Wildman–Crippen LogP) is 4.30. The zero-order chi connectivity index (χ0) is 23.7. The third kappa shape index (κ3) is 4.06. The highest BCUT2D eigenvalue weighted by Crippen LogP contribution is 2.39. The maximum absolute atomic E-state index is 13.4. The Morgan fingerprint density at radius 1 is 1.00 bits per heavy atom. The summed E-state index contributed by atoms with van der Waals surface area (Å²) in [6.45, 7) is 4.72. The van der Waals surface area contributed by atoms with Gasteiger partial charge in [-0.15, -0.1) is 11.3 Å². The van der Waals surface area contributed by atoms with E-state index in [9.17, 15) is 9.59 Å². The van der Waals surface area contributed by atoms with Crippen LogP contribution in [0.25, 0.3) is 16.8 Å². The minimum absolute atomic E-state index is 0.257. The maximum Gasteiger partial charge on any atom is 0.295 e. The van der Waals surface area contributed by atoms with Crippen LogP contribution in [0.15, 0.2) is 71.5 Å². The van der Waals surface area contributed by atoms with Crippen molar-refractivity contribution >= 4 is 27.9 Å². The number of hydrogen-bond donors (Lipinski definition) is 1. The molecule has 8 heteroatoms. The number of ether oxygens (including phenoxy) is 1. The summed E-state index contributed by atoms with van der Waals surface area (Å²) in [7, 11) is 1.81. The Labute approximate surface area is 201 Å². The van der Waals surface area contributed by atoms with Gasteiger partial charge < -0.3 is 15.0 Å². The second kappa shape index (κ2) is 9.32. The van der Waals surface area contributed by atoms with Crippen molar-refractivity contribution in [1.82, 2.24) is 9.36 Å². The van der Waals surface area contributed by atoms with Crippen LogP contribution in [0, 0.1) is 6.92 Å². The van der Waals surface area contributed by atoms with Gasteiger partial charge in [-0.3, -0.25) is 14.3 Å². The molecule has 0 radical (unpaired) electrons. The molecule has 5 rings (SSSR count). The van der Waals surface area contributed by atoms with Crippen molar-refractivity contribution in [3.05, 3.63) is 87.7 Å². The van der Waals surface area contributed by atoms with E-state index in [2.05, 4.69) is 10.2 Å². The molecular formula is C26H26N4O3S. The Balaban J connectivity index is 1.50. The van der Waals surface area contributed by atoms with E-state index in [-0.39, 0.29) is 11.5 Å². The quantitative estimate of drug-likeness (QED) is 0.468. The normalized spacial score (nSPS) is 13.8. The molecule has 4 aromatic rings. The summed E-state index contributed by atoms with van der Waals surface area (Å²) >= 11 is 1.45. The lowest BCUT2D eigenvalue weighted by molar-refractivity contribution is 0.103. The fourth-order valence-electron chi connectivity index (χ4n) is 4.21. The first-order valence-corrected chi connectivity index (χ1v) is 12.0. The standard InChI is InChI=1S/C26H26N4O3S/c1-18-23(25(32)30(28(18)2)20-11-7-4-8-12-20)27-24(31)22-17-21(19-9-5-3-6-10-19)26(34-22)29-13-15-33-16-14-29/h3-12,17H,13-16H2,1-2H3,(H,27,31). The molecule has 174 valence electrons. The number of morpholine rings is 1. The Kier molecular flexibility index (Phi) is 6.08. The molecule has 1 aliphatic rings. The molecule has 0 unspecified atom stereocenters. The van der Waals surface area contributed by atoms with E-state index in [1.165, 1.54) is 11.3 Å². The number of thiophene rings is 1. The van der Waals surface area contributed by atoms with Crippen LogP contribution in [0.5, 0.6) is 0 Å². The van der Waals surface area contributed by atoms with E-state index in [0.29, 0.717) is 29.5 Å². The molecule has 1 N–H and O–H groups in total. The van der Waals surface area contributed by atoms with Crippen molar-refractivity contribution in [1.29, 1.82) is 0 Å². The first-order chi connectivity index (χ1) is 16.5. The molecule has 2 aromatic heterocycles. The van der Waals surface area contributed by atoms with Gasteiger partial charge in [0.15, 0.2) is 0 Å². The van der Waals surface area contributed by atoms with Crippen molar-refractivity contribution < 1.29 is 9.53 Å². The van der Waals surface area contributed by atoms with Gasteiger partial charge in [-0.1, -0.05) is 48.5 Å². The van der Waals surface area contributed by atoms with Crippen molar-refractivity contribution in [2.75, 3.05) is 36.5 Å².